The van der Waals surface area contributed by atoms with Crippen LogP contribution in [0.3, 0.4) is 0 Å². The molecular formula is C38H61N3O27S3-4. The number of carboxylic acids is 1. The lowest BCUT2D eigenvalue weighted by atomic mass is 9.75. The molecule has 2 saturated heterocycles. The van der Waals surface area contributed by atoms with Gasteiger partial charge in [-0.3, -0.25) is 26.9 Å². The maximum absolute atomic E-state index is 13.9. The van der Waals surface area contributed by atoms with Gasteiger partial charge in [0.2, 0.25) is 43.0 Å². The fraction of sp³-hybridized carbons (Fsp3) is 0.895. The Kier molecular flexibility index (Phi) is 22.7. The Bertz CT molecular complexity index is 2120. The molecule has 30 nitrogen and oxygen atoms in total. The Morgan fingerprint density at radius 2 is 1.41 bits per heavy atom. The minimum absolute atomic E-state index is 0.00454. The van der Waals surface area contributed by atoms with E-state index in [1.807, 2.05) is 5.32 Å². The van der Waals surface area contributed by atoms with E-state index in [2.05, 4.69) is 23.2 Å². The number of ether oxygens (including phenoxy) is 5. The molecule has 0 aromatic carbocycles. The number of aliphatic hydroxyl groups excluding tert-OH is 5. The van der Waals surface area contributed by atoms with Crippen LogP contribution in [0.2, 0.25) is 0 Å². The number of nitrogens with one attached hydrogen (secondary N) is 3. The first-order valence-corrected chi connectivity index (χ1v) is 26.5. The molecule has 0 aromatic heterocycles. The Labute approximate surface area is 409 Å². The molecule has 3 amide bonds. The number of hydrogen-bond donors (Lipinski definition) is 8. The average molecular weight is 1090 g/mol. The van der Waals surface area contributed by atoms with Gasteiger partial charge in [-0.05, 0) is 38.0 Å². The van der Waals surface area contributed by atoms with Gasteiger partial charge in [0, 0.05) is 25.9 Å². The highest BCUT2D eigenvalue weighted by Gasteiger charge is 2.52. The summed E-state index contributed by atoms with van der Waals surface area (Å²) in [5.41, 5.74) is 0. The summed E-state index contributed by atoms with van der Waals surface area (Å²) in [6.07, 6.45) is -20.5. The number of aliphatic hydroxyl groups is 5. The second kappa shape index (κ2) is 26.5. The number of rotatable bonds is 25. The van der Waals surface area contributed by atoms with Crippen molar-refractivity contribution in [3.8, 4) is 0 Å². The molecule has 8 N–H and O–H groups in total. The van der Waals surface area contributed by atoms with Gasteiger partial charge in [-0.1, -0.05) is 45.4 Å². The maximum Gasteiger partial charge on any atom is 0.253 e. The second-order valence-electron chi connectivity index (χ2n) is 17.6. The van der Waals surface area contributed by atoms with Gasteiger partial charge in [0.25, 0.3) is 5.91 Å². The van der Waals surface area contributed by atoms with Gasteiger partial charge < -0.3 is 88.7 Å². The van der Waals surface area contributed by atoms with Crippen LogP contribution in [0, 0.1) is 17.8 Å². The van der Waals surface area contributed by atoms with Gasteiger partial charge in [0.05, 0.1) is 43.6 Å². The summed E-state index contributed by atoms with van der Waals surface area (Å²) in [6.45, 7) is 0.262. The van der Waals surface area contributed by atoms with Crippen molar-refractivity contribution in [3.63, 3.8) is 0 Å². The van der Waals surface area contributed by atoms with Crippen molar-refractivity contribution in [2.24, 2.45) is 17.8 Å². The smallest absolute Gasteiger partial charge is 0.253 e. The molecule has 4 fully saturated rings. The van der Waals surface area contributed by atoms with Crippen LogP contribution >= 0.6 is 0 Å². The highest BCUT2D eigenvalue weighted by atomic mass is 32.3. The molecule has 2 heterocycles. The van der Waals surface area contributed by atoms with Gasteiger partial charge in [-0.2, -0.15) is 0 Å². The first-order valence-electron chi connectivity index (χ1n) is 22.5. The molecule has 0 radical (unpaired) electrons. The van der Waals surface area contributed by atoms with Crippen molar-refractivity contribution in [2.45, 2.75) is 170 Å². The van der Waals surface area contributed by atoms with E-state index in [0.717, 1.165) is 26.2 Å². The largest absolute Gasteiger partial charge is 0.726 e. The van der Waals surface area contributed by atoms with Crippen LogP contribution in [0.25, 0.3) is 0 Å². The zero-order valence-electron chi connectivity index (χ0n) is 38.5. The lowest BCUT2D eigenvalue weighted by molar-refractivity contribution is -0.343. The van der Waals surface area contributed by atoms with E-state index in [4.69, 9.17) is 23.7 Å². The molecule has 0 spiro atoms. The zero-order chi connectivity index (χ0) is 53.2. The van der Waals surface area contributed by atoms with Gasteiger partial charge in [-0.15, -0.1) is 0 Å². The van der Waals surface area contributed by atoms with E-state index in [-0.39, 0.29) is 31.6 Å². The molecule has 17 atom stereocenters. The van der Waals surface area contributed by atoms with Crippen molar-refractivity contribution >= 4 is 54.9 Å². The molecule has 71 heavy (non-hydrogen) atoms. The normalized spacial score (nSPS) is 33.6. The van der Waals surface area contributed by atoms with E-state index in [0.29, 0.717) is 12.8 Å². The monoisotopic (exact) mass is 1090 g/mol. The third-order valence-electron chi connectivity index (χ3n) is 12.5. The molecule has 6 unspecified atom stereocenters. The van der Waals surface area contributed by atoms with Crippen molar-refractivity contribution in [2.75, 3.05) is 26.3 Å². The second-order valence-corrected chi connectivity index (χ2v) is 20.7. The molecule has 33 heteroatoms. The quantitative estimate of drug-likeness (QED) is 0.0239. The topological polar surface area (TPSA) is 474 Å². The third-order valence-corrected chi connectivity index (χ3v) is 13.8. The Morgan fingerprint density at radius 1 is 0.775 bits per heavy atom. The lowest BCUT2D eigenvalue weighted by Crippen LogP contribution is -2.67. The van der Waals surface area contributed by atoms with Gasteiger partial charge in [0.1, 0.15) is 48.8 Å². The van der Waals surface area contributed by atoms with Gasteiger partial charge in [-0.25, -0.2) is 25.3 Å². The summed E-state index contributed by atoms with van der Waals surface area (Å²) < 4.78 is 143. The molecule has 2 aliphatic heterocycles. The molecule has 412 valence electrons. The SMILES string of the molecule is CCC1CC(C(=O)NCCNC(=O)[C@@H](OS(=O)(=O)[O-])[C@@H](COS(=O)(=O)[O-])OS(=O)(=O)[O-])C[C@@H](O[C@@H]2O[C@@H](CO)[C@H](O)C(O[C@@H](CC3CCCCC3)C(=O)[O-])C2NC(C)=O)[C@@H]1O[C@@H]1OC(C)[C@@H](O)[C@H](O)C1O. The lowest BCUT2D eigenvalue weighted by Gasteiger charge is -2.49. The number of amides is 3. The summed E-state index contributed by atoms with van der Waals surface area (Å²) in [7, 11) is -17.6. The van der Waals surface area contributed by atoms with Crippen LogP contribution in [0.5, 0.6) is 0 Å². The molecule has 2 saturated carbocycles. The predicted molar refractivity (Wildman–Crippen MR) is 224 cm³/mol. The first kappa shape index (κ1) is 60.6. The summed E-state index contributed by atoms with van der Waals surface area (Å²) in [6, 6.07) is -1.52. The maximum atomic E-state index is 13.9. The van der Waals surface area contributed by atoms with Crippen LogP contribution in [-0.4, -0.2) is 206 Å². The van der Waals surface area contributed by atoms with Crippen molar-refractivity contribution in [3.05, 3.63) is 0 Å². The van der Waals surface area contributed by atoms with Crippen LogP contribution in [0.15, 0.2) is 0 Å². The van der Waals surface area contributed by atoms with E-state index < -0.39 is 185 Å². The molecular weight excluding hydrogens is 1030 g/mol. The third kappa shape index (κ3) is 18.5. The summed E-state index contributed by atoms with van der Waals surface area (Å²) in [4.78, 5) is 52.1. The first-order chi connectivity index (χ1) is 33.0. The molecule has 0 bridgehead atoms. The fourth-order valence-electron chi connectivity index (χ4n) is 9.05. The van der Waals surface area contributed by atoms with E-state index in [1.54, 1.807) is 6.92 Å². The standard InChI is InChI=1S/C38H65N3O27S3/c1-4-20-13-21(34(48)39-10-11-40-35(49)32(68-71(58,59)60)25(67-70(55,56)57)16-61-69(52,53)54)14-22(31(20)66-38-30(47)29(46)27(44)17(2)62-38)64-37-26(41-18(3)43)33(28(45)24(15-42)65-37)63-23(36(50)51)12-19-8-6-5-7-9-19/h17,19-33,37-38,42,44-47H,4-16H2,1-3H3,(H,39,48)(H,40,49)(H,41,43)(H,50,51)(H,52,53,54)(H,55,56,57)(H,58,59,60)/p-4/t17?,20?,21?,22-,23+,24+,25-,26?,27-,28+,29+,30?,31-,32+,33?,37-,38+/m1/s1. The predicted octanol–water partition coefficient (Wildman–Crippen LogP) is -6.52. The molecule has 2 aliphatic carbocycles. The Morgan fingerprint density at radius 3 is 1.97 bits per heavy atom. The minimum atomic E-state index is -5.96. The molecule has 4 rings (SSSR count). The van der Waals surface area contributed by atoms with Crippen molar-refractivity contribution in [1.82, 2.24) is 16.0 Å². The molecule has 0 aromatic rings. The summed E-state index contributed by atoms with van der Waals surface area (Å²) in [5, 5.41) is 73.1. The van der Waals surface area contributed by atoms with Crippen LogP contribution in [0.1, 0.15) is 78.6 Å². The van der Waals surface area contributed by atoms with E-state index in [1.165, 1.54) is 6.92 Å². The number of carbonyl (C=O) groups is 4. The van der Waals surface area contributed by atoms with Crippen LogP contribution in [0.4, 0.5) is 0 Å². The van der Waals surface area contributed by atoms with E-state index >= 15 is 0 Å². The fourth-order valence-corrected chi connectivity index (χ4v) is 10.3. The van der Waals surface area contributed by atoms with Crippen LogP contribution < -0.4 is 21.1 Å². The zero-order valence-corrected chi connectivity index (χ0v) is 41.0. The number of hydrogen-bond acceptors (Lipinski definition) is 27. The highest BCUT2D eigenvalue weighted by Crippen LogP contribution is 2.40. The minimum Gasteiger partial charge on any atom is -0.726 e. The van der Waals surface area contributed by atoms with Gasteiger partial charge >= 0.3 is 0 Å². The summed E-state index contributed by atoms with van der Waals surface area (Å²) in [5.74, 6) is -6.70. The number of carboxylic acid groups (broad SMARTS) is 1. The Hall–Kier alpha value is -2.91. The van der Waals surface area contributed by atoms with Crippen molar-refractivity contribution < 1.29 is 125 Å². The average Bonchev–Trinajstić information content (AvgIpc) is 3.27. The Balaban J connectivity index is 1.61. The van der Waals surface area contributed by atoms with E-state index in [9.17, 15) is 88.7 Å². The van der Waals surface area contributed by atoms with Crippen LogP contribution in [-0.2, 0) is 86.6 Å². The summed E-state index contributed by atoms with van der Waals surface area (Å²) >= 11 is 0. The van der Waals surface area contributed by atoms with Crippen molar-refractivity contribution in [1.29, 1.82) is 0 Å². The van der Waals surface area contributed by atoms with Gasteiger partial charge in [0.15, 0.2) is 18.7 Å². The highest BCUT2D eigenvalue weighted by molar-refractivity contribution is 7.81. The number of carbonyl (C=O) groups excluding carboxylic acids is 4. The number of aliphatic carboxylic acids is 1. The molecule has 4 aliphatic rings.